The van der Waals surface area contributed by atoms with Crippen molar-refractivity contribution in [1.82, 2.24) is 5.32 Å². The molecular weight excluding hydrogens is 164 g/mol. The van der Waals surface area contributed by atoms with Crippen LogP contribution in [0.1, 0.15) is 17.3 Å². The lowest BCUT2D eigenvalue weighted by Crippen LogP contribution is -2.23. The van der Waals surface area contributed by atoms with Crippen molar-refractivity contribution in [2.24, 2.45) is 0 Å². The molecule has 0 radical (unpaired) electrons. The molecule has 1 aromatic carbocycles. The molecule has 0 saturated carbocycles. The summed E-state index contributed by atoms with van der Waals surface area (Å²) >= 11 is 0. The van der Waals surface area contributed by atoms with E-state index < -0.39 is 0 Å². The van der Waals surface area contributed by atoms with Gasteiger partial charge in [0.15, 0.2) is 0 Å². The van der Waals surface area contributed by atoms with Gasteiger partial charge in [-0.05, 0) is 19.1 Å². The molecule has 70 valence electrons. The molecule has 0 aliphatic rings. The molecular formula is C10H14N2O. The Labute approximate surface area is 78.2 Å². The molecule has 0 aliphatic carbocycles. The third-order valence-electron chi connectivity index (χ3n) is 1.78. The zero-order valence-electron chi connectivity index (χ0n) is 7.92. The van der Waals surface area contributed by atoms with Crippen molar-refractivity contribution in [2.75, 3.05) is 18.9 Å². The standard InChI is InChI=1S/C10H14N2O/c1-3-12-10(13)8-6-4-5-7-9(8)11-2/h4-7,11H,3H2,1-2H3,(H,12,13). The van der Waals surface area contributed by atoms with Crippen molar-refractivity contribution in [3.05, 3.63) is 29.8 Å². The summed E-state index contributed by atoms with van der Waals surface area (Å²) in [6, 6.07) is 7.43. The summed E-state index contributed by atoms with van der Waals surface area (Å²) in [4.78, 5) is 11.5. The molecule has 0 aliphatic heterocycles. The van der Waals surface area contributed by atoms with Gasteiger partial charge in [-0.25, -0.2) is 0 Å². The number of nitrogens with one attached hydrogen (secondary N) is 2. The molecule has 0 saturated heterocycles. The molecule has 0 bridgehead atoms. The summed E-state index contributed by atoms with van der Waals surface area (Å²) in [6.45, 7) is 2.55. The highest BCUT2D eigenvalue weighted by molar-refractivity contribution is 5.99. The zero-order chi connectivity index (χ0) is 9.68. The smallest absolute Gasteiger partial charge is 0.253 e. The predicted molar refractivity (Wildman–Crippen MR) is 54.0 cm³/mol. The van der Waals surface area contributed by atoms with E-state index in [1.165, 1.54) is 0 Å². The van der Waals surface area contributed by atoms with Crippen LogP contribution < -0.4 is 10.6 Å². The maximum absolute atomic E-state index is 11.5. The summed E-state index contributed by atoms with van der Waals surface area (Å²) in [5, 5.41) is 5.73. The van der Waals surface area contributed by atoms with Crippen LogP contribution in [0.4, 0.5) is 5.69 Å². The number of amides is 1. The molecule has 0 unspecified atom stereocenters. The summed E-state index contributed by atoms with van der Waals surface area (Å²) in [5.74, 6) is -0.0348. The highest BCUT2D eigenvalue weighted by Gasteiger charge is 2.07. The van der Waals surface area contributed by atoms with Gasteiger partial charge in [0.1, 0.15) is 0 Å². The van der Waals surface area contributed by atoms with E-state index in [-0.39, 0.29) is 5.91 Å². The Morgan fingerprint density at radius 2 is 2.08 bits per heavy atom. The van der Waals surface area contributed by atoms with Crippen LogP contribution in [0, 0.1) is 0 Å². The van der Waals surface area contributed by atoms with Crippen molar-refractivity contribution in [2.45, 2.75) is 6.92 Å². The Hall–Kier alpha value is -1.51. The molecule has 1 aromatic rings. The van der Waals surface area contributed by atoms with Gasteiger partial charge in [0, 0.05) is 19.3 Å². The summed E-state index contributed by atoms with van der Waals surface area (Å²) in [7, 11) is 1.80. The molecule has 0 aromatic heterocycles. The Morgan fingerprint density at radius 1 is 1.38 bits per heavy atom. The first-order chi connectivity index (χ1) is 6.29. The number of carbonyl (C=O) groups is 1. The first kappa shape index (κ1) is 9.58. The van der Waals surface area contributed by atoms with Gasteiger partial charge in [-0.2, -0.15) is 0 Å². The molecule has 1 rings (SSSR count). The van der Waals surface area contributed by atoms with Crippen molar-refractivity contribution in [3.8, 4) is 0 Å². The molecule has 0 heterocycles. The average Bonchev–Trinajstić information content (AvgIpc) is 2.18. The maximum Gasteiger partial charge on any atom is 0.253 e. The van der Waals surface area contributed by atoms with Crippen LogP contribution in [0.5, 0.6) is 0 Å². The van der Waals surface area contributed by atoms with Gasteiger partial charge >= 0.3 is 0 Å². The van der Waals surface area contributed by atoms with E-state index in [4.69, 9.17) is 0 Å². The van der Waals surface area contributed by atoms with Crippen LogP contribution in [0.3, 0.4) is 0 Å². The highest BCUT2D eigenvalue weighted by atomic mass is 16.1. The fourth-order valence-corrected chi connectivity index (χ4v) is 1.15. The predicted octanol–water partition coefficient (Wildman–Crippen LogP) is 1.48. The second-order valence-corrected chi connectivity index (χ2v) is 2.66. The lowest BCUT2D eigenvalue weighted by molar-refractivity contribution is 0.0956. The van der Waals surface area contributed by atoms with E-state index in [1.807, 2.05) is 25.1 Å². The van der Waals surface area contributed by atoms with Crippen LogP contribution in [0.25, 0.3) is 0 Å². The Morgan fingerprint density at radius 3 is 2.69 bits per heavy atom. The van der Waals surface area contributed by atoms with E-state index in [9.17, 15) is 4.79 Å². The largest absolute Gasteiger partial charge is 0.387 e. The minimum absolute atomic E-state index is 0.0348. The van der Waals surface area contributed by atoms with Gasteiger partial charge in [0.2, 0.25) is 0 Å². The summed E-state index contributed by atoms with van der Waals surface area (Å²) < 4.78 is 0. The average molecular weight is 178 g/mol. The van der Waals surface area contributed by atoms with Crippen LogP contribution in [-0.2, 0) is 0 Å². The van der Waals surface area contributed by atoms with Gasteiger partial charge < -0.3 is 10.6 Å². The molecule has 1 amide bonds. The monoisotopic (exact) mass is 178 g/mol. The van der Waals surface area contributed by atoms with Gasteiger partial charge in [0.05, 0.1) is 5.56 Å². The van der Waals surface area contributed by atoms with Crippen molar-refractivity contribution in [1.29, 1.82) is 0 Å². The van der Waals surface area contributed by atoms with E-state index in [0.29, 0.717) is 12.1 Å². The lowest BCUT2D eigenvalue weighted by atomic mass is 10.1. The summed E-state index contributed by atoms with van der Waals surface area (Å²) in [6.07, 6.45) is 0. The Balaban J connectivity index is 2.92. The maximum atomic E-state index is 11.5. The van der Waals surface area contributed by atoms with Crippen molar-refractivity contribution in [3.63, 3.8) is 0 Å². The number of para-hydroxylation sites is 1. The number of benzene rings is 1. The normalized spacial score (nSPS) is 9.38. The number of anilines is 1. The molecule has 13 heavy (non-hydrogen) atoms. The number of rotatable bonds is 3. The fourth-order valence-electron chi connectivity index (χ4n) is 1.15. The van der Waals surface area contributed by atoms with Gasteiger partial charge in [-0.1, -0.05) is 12.1 Å². The third kappa shape index (κ3) is 2.21. The van der Waals surface area contributed by atoms with Crippen LogP contribution in [0.2, 0.25) is 0 Å². The van der Waals surface area contributed by atoms with E-state index in [1.54, 1.807) is 13.1 Å². The first-order valence-electron chi connectivity index (χ1n) is 4.34. The second-order valence-electron chi connectivity index (χ2n) is 2.66. The molecule has 3 heteroatoms. The highest BCUT2D eigenvalue weighted by Crippen LogP contribution is 2.13. The quantitative estimate of drug-likeness (QED) is 0.736. The SMILES string of the molecule is CCNC(=O)c1ccccc1NC. The Bertz CT molecular complexity index is 297. The molecule has 0 fully saturated rings. The van der Waals surface area contributed by atoms with Crippen LogP contribution in [-0.4, -0.2) is 19.5 Å². The number of carbonyl (C=O) groups excluding carboxylic acids is 1. The molecule has 0 atom stereocenters. The second kappa shape index (κ2) is 4.50. The molecule has 2 N–H and O–H groups in total. The van der Waals surface area contributed by atoms with Gasteiger partial charge in [-0.15, -0.1) is 0 Å². The zero-order valence-corrected chi connectivity index (χ0v) is 7.92. The molecule has 0 spiro atoms. The van der Waals surface area contributed by atoms with Crippen LogP contribution >= 0.6 is 0 Å². The minimum Gasteiger partial charge on any atom is -0.387 e. The first-order valence-corrected chi connectivity index (χ1v) is 4.34. The molecule has 3 nitrogen and oxygen atoms in total. The van der Waals surface area contributed by atoms with Crippen molar-refractivity contribution < 1.29 is 4.79 Å². The number of hydrogen-bond donors (Lipinski definition) is 2. The van der Waals surface area contributed by atoms with Crippen molar-refractivity contribution >= 4 is 11.6 Å². The van der Waals surface area contributed by atoms with E-state index in [2.05, 4.69) is 10.6 Å². The van der Waals surface area contributed by atoms with Crippen LogP contribution in [0.15, 0.2) is 24.3 Å². The Kier molecular flexibility index (Phi) is 3.31. The summed E-state index contributed by atoms with van der Waals surface area (Å²) in [5.41, 5.74) is 1.54. The van der Waals surface area contributed by atoms with E-state index in [0.717, 1.165) is 5.69 Å². The van der Waals surface area contributed by atoms with Gasteiger partial charge in [0.25, 0.3) is 5.91 Å². The lowest BCUT2D eigenvalue weighted by Gasteiger charge is -2.07. The fraction of sp³-hybridized carbons (Fsp3) is 0.300. The topological polar surface area (TPSA) is 41.1 Å². The number of hydrogen-bond acceptors (Lipinski definition) is 2. The third-order valence-corrected chi connectivity index (χ3v) is 1.78. The van der Waals surface area contributed by atoms with E-state index >= 15 is 0 Å². The van der Waals surface area contributed by atoms with Gasteiger partial charge in [-0.3, -0.25) is 4.79 Å². The minimum atomic E-state index is -0.0348.